The van der Waals surface area contributed by atoms with Crippen LogP contribution in [-0.4, -0.2) is 59.4 Å². The number of halogens is 2. The summed E-state index contributed by atoms with van der Waals surface area (Å²) in [5.74, 6) is -0.323. The van der Waals surface area contributed by atoms with Gasteiger partial charge in [-0.2, -0.15) is 0 Å². The maximum absolute atomic E-state index is 14.1. The number of rotatable bonds is 6. The standard InChI is InChI=1S/C27H25BrFN5O2S2/c1-33(2)27-32-22(23(38-27)15-7-9-19(29)18(28)11-15)26(36)34-16-8-6-14(10-16)21(34)12-30-25(35)17-4-3-5-20-24(17)37-13-31-20/h3-5,7,9,11,13-14,16,21H,6,8,10,12H2,1-2H3,(H,30,35)/t14-,16+,21+/m1/s1. The number of piperidine rings is 1. The topological polar surface area (TPSA) is 78.4 Å². The highest BCUT2D eigenvalue weighted by Gasteiger charge is 2.49. The van der Waals surface area contributed by atoms with Crippen LogP contribution in [0.4, 0.5) is 9.52 Å². The minimum absolute atomic E-state index is 0.108. The van der Waals surface area contributed by atoms with Crippen LogP contribution in [0.1, 0.15) is 40.1 Å². The first-order chi connectivity index (χ1) is 18.3. The number of thiazole rings is 2. The van der Waals surface area contributed by atoms with E-state index in [-0.39, 0.29) is 29.7 Å². The lowest BCUT2D eigenvalue weighted by Crippen LogP contribution is -2.50. The number of fused-ring (bicyclic) bond motifs is 3. The van der Waals surface area contributed by atoms with Crippen LogP contribution >= 0.6 is 38.6 Å². The molecule has 2 aliphatic rings. The van der Waals surface area contributed by atoms with E-state index < -0.39 is 0 Å². The molecule has 1 N–H and O–H groups in total. The number of amides is 2. The fourth-order valence-electron chi connectivity index (χ4n) is 5.63. The van der Waals surface area contributed by atoms with Crippen molar-refractivity contribution in [1.82, 2.24) is 20.2 Å². The molecule has 4 aromatic rings. The monoisotopic (exact) mass is 613 g/mol. The van der Waals surface area contributed by atoms with Crippen LogP contribution < -0.4 is 10.2 Å². The van der Waals surface area contributed by atoms with Gasteiger partial charge in [-0.25, -0.2) is 14.4 Å². The predicted molar refractivity (Wildman–Crippen MR) is 153 cm³/mol. The van der Waals surface area contributed by atoms with Crippen LogP contribution in [0.25, 0.3) is 20.7 Å². The molecular weight excluding hydrogens is 589 g/mol. The Morgan fingerprint density at radius 2 is 2.08 bits per heavy atom. The molecule has 2 aromatic carbocycles. The first-order valence-corrected chi connectivity index (χ1v) is 14.9. The molecule has 11 heteroatoms. The zero-order chi connectivity index (χ0) is 26.6. The van der Waals surface area contributed by atoms with Gasteiger partial charge in [0.25, 0.3) is 11.8 Å². The summed E-state index contributed by atoms with van der Waals surface area (Å²) < 4.78 is 15.2. The summed E-state index contributed by atoms with van der Waals surface area (Å²) >= 11 is 6.13. The van der Waals surface area contributed by atoms with Gasteiger partial charge in [-0.15, -0.1) is 11.3 Å². The predicted octanol–water partition coefficient (Wildman–Crippen LogP) is 5.81. The largest absolute Gasteiger partial charge is 0.354 e. The third kappa shape index (κ3) is 4.40. The molecule has 0 unspecified atom stereocenters. The van der Waals surface area contributed by atoms with Crippen molar-refractivity contribution >= 4 is 65.8 Å². The second-order valence-electron chi connectivity index (χ2n) is 9.92. The zero-order valence-electron chi connectivity index (χ0n) is 20.8. The zero-order valence-corrected chi connectivity index (χ0v) is 24.0. The van der Waals surface area contributed by atoms with E-state index >= 15 is 0 Å². The summed E-state index contributed by atoms with van der Waals surface area (Å²) in [6.45, 7) is 0.378. The second-order valence-corrected chi connectivity index (χ2v) is 12.6. The van der Waals surface area contributed by atoms with Crippen molar-refractivity contribution in [3.63, 3.8) is 0 Å². The van der Waals surface area contributed by atoms with Crippen molar-refractivity contribution in [3.8, 4) is 10.4 Å². The van der Waals surface area contributed by atoms with Crippen molar-refractivity contribution < 1.29 is 14.0 Å². The van der Waals surface area contributed by atoms with Gasteiger partial charge in [0.2, 0.25) is 0 Å². The normalized spacial score (nSPS) is 20.3. The molecule has 1 saturated carbocycles. The Kier molecular flexibility index (Phi) is 6.69. The first kappa shape index (κ1) is 25.4. The molecule has 196 valence electrons. The number of benzene rings is 2. The van der Waals surface area contributed by atoms with E-state index in [0.717, 1.165) is 35.0 Å². The summed E-state index contributed by atoms with van der Waals surface area (Å²) in [4.78, 5) is 40.8. The molecule has 3 atom stereocenters. The lowest BCUT2D eigenvalue weighted by Gasteiger charge is -2.35. The molecule has 2 bridgehead atoms. The third-order valence-corrected chi connectivity index (χ3v) is 10.2. The molecule has 2 fully saturated rings. The number of hydrogen-bond acceptors (Lipinski definition) is 7. The fraction of sp³-hybridized carbons (Fsp3) is 0.333. The molecular formula is C27H25BrFN5O2S2. The number of anilines is 1. The van der Waals surface area contributed by atoms with Crippen LogP contribution in [0.3, 0.4) is 0 Å². The minimum Gasteiger partial charge on any atom is -0.354 e. The van der Waals surface area contributed by atoms with Gasteiger partial charge in [-0.3, -0.25) is 9.59 Å². The Morgan fingerprint density at radius 1 is 1.24 bits per heavy atom. The minimum atomic E-state index is -0.361. The van der Waals surface area contributed by atoms with E-state index in [1.807, 2.05) is 42.1 Å². The summed E-state index contributed by atoms with van der Waals surface area (Å²) in [5, 5.41) is 3.80. The number of likely N-dealkylation sites (tertiary alicyclic amines) is 1. The number of nitrogens with one attached hydrogen (secondary N) is 1. The summed E-state index contributed by atoms with van der Waals surface area (Å²) in [6.07, 6.45) is 2.92. The summed E-state index contributed by atoms with van der Waals surface area (Å²) in [6, 6.07) is 10.3. The van der Waals surface area contributed by atoms with Gasteiger partial charge in [0.1, 0.15) is 11.5 Å². The molecule has 0 radical (unpaired) electrons. The smallest absolute Gasteiger partial charge is 0.274 e. The first-order valence-electron chi connectivity index (χ1n) is 12.4. The Hall–Kier alpha value is -2.89. The number of carbonyl (C=O) groups is 2. The third-order valence-electron chi connectivity index (χ3n) is 7.43. The average Bonchev–Trinajstić information content (AvgIpc) is 3.71. The SMILES string of the molecule is CN(C)c1nc(C(=O)N2[C@H]3CC[C@H](C3)[C@@H]2CNC(=O)c2cccc3ncsc23)c(-c2ccc(F)c(Br)c2)s1. The average molecular weight is 615 g/mol. The molecule has 6 rings (SSSR count). The highest BCUT2D eigenvalue weighted by Crippen LogP contribution is 2.45. The lowest BCUT2D eigenvalue weighted by molar-refractivity contribution is 0.0578. The quantitative estimate of drug-likeness (QED) is 0.297. The Bertz CT molecular complexity index is 1550. The molecule has 1 aliphatic carbocycles. The van der Waals surface area contributed by atoms with E-state index in [4.69, 9.17) is 4.98 Å². The van der Waals surface area contributed by atoms with Gasteiger partial charge >= 0.3 is 0 Å². The van der Waals surface area contributed by atoms with Gasteiger partial charge in [-0.1, -0.05) is 23.5 Å². The van der Waals surface area contributed by atoms with Crippen LogP contribution in [-0.2, 0) is 0 Å². The van der Waals surface area contributed by atoms with E-state index in [0.29, 0.717) is 38.2 Å². The van der Waals surface area contributed by atoms with E-state index in [1.165, 1.54) is 28.7 Å². The van der Waals surface area contributed by atoms with Crippen LogP contribution in [0.2, 0.25) is 0 Å². The van der Waals surface area contributed by atoms with Crippen molar-refractivity contribution in [3.05, 3.63) is 63.5 Å². The molecule has 1 aliphatic heterocycles. The molecule has 38 heavy (non-hydrogen) atoms. The van der Waals surface area contributed by atoms with Gasteiger partial charge in [0.15, 0.2) is 5.13 Å². The van der Waals surface area contributed by atoms with Gasteiger partial charge in [0.05, 0.1) is 36.7 Å². The van der Waals surface area contributed by atoms with Crippen molar-refractivity contribution in [2.75, 3.05) is 25.5 Å². The highest BCUT2D eigenvalue weighted by atomic mass is 79.9. The Labute approximate surface area is 235 Å². The van der Waals surface area contributed by atoms with Crippen molar-refractivity contribution in [1.29, 1.82) is 0 Å². The maximum atomic E-state index is 14.1. The van der Waals surface area contributed by atoms with E-state index in [1.54, 1.807) is 17.6 Å². The Balaban J connectivity index is 1.29. The fourth-order valence-corrected chi connectivity index (χ4v) is 7.79. The van der Waals surface area contributed by atoms with Crippen molar-refractivity contribution in [2.45, 2.75) is 31.3 Å². The maximum Gasteiger partial charge on any atom is 0.274 e. The molecule has 2 amide bonds. The van der Waals surface area contributed by atoms with Gasteiger partial charge < -0.3 is 15.1 Å². The van der Waals surface area contributed by atoms with E-state index in [2.05, 4.69) is 26.2 Å². The van der Waals surface area contributed by atoms with Gasteiger partial charge in [0, 0.05) is 26.7 Å². The number of carbonyl (C=O) groups excluding carboxylic acids is 2. The van der Waals surface area contributed by atoms with Crippen LogP contribution in [0.5, 0.6) is 0 Å². The molecule has 7 nitrogen and oxygen atoms in total. The number of hydrogen-bond donors (Lipinski definition) is 1. The van der Waals surface area contributed by atoms with Crippen LogP contribution in [0.15, 0.2) is 46.4 Å². The van der Waals surface area contributed by atoms with E-state index in [9.17, 15) is 14.0 Å². The molecule has 2 aromatic heterocycles. The summed E-state index contributed by atoms with van der Waals surface area (Å²) in [7, 11) is 3.77. The van der Waals surface area contributed by atoms with Gasteiger partial charge in [-0.05, 0) is 70.9 Å². The number of aromatic nitrogens is 2. The van der Waals surface area contributed by atoms with Crippen molar-refractivity contribution in [2.24, 2.45) is 5.92 Å². The second kappa shape index (κ2) is 10.0. The molecule has 0 spiro atoms. The van der Waals surface area contributed by atoms with Crippen LogP contribution in [0, 0.1) is 11.7 Å². The highest BCUT2D eigenvalue weighted by molar-refractivity contribution is 9.10. The molecule has 3 heterocycles. The Morgan fingerprint density at radius 3 is 2.87 bits per heavy atom. The summed E-state index contributed by atoms with van der Waals surface area (Å²) in [5.41, 5.74) is 4.25. The molecule has 1 saturated heterocycles. The lowest BCUT2D eigenvalue weighted by atomic mass is 9.98. The number of nitrogens with zero attached hydrogens (tertiary/aromatic N) is 4.